The number of likely N-dealkylation sites (N-methyl/N-ethyl adjacent to an activating group) is 1. The number of carbonyl (C=O) groups excluding carboxylic acids is 1. The quantitative estimate of drug-likeness (QED) is 0.761. The van der Waals surface area contributed by atoms with Crippen molar-refractivity contribution in [1.82, 2.24) is 15.2 Å². The van der Waals surface area contributed by atoms with E-state index in [2.05, 4.69) is 10.3 Å². The van der Waals surface area contributed by atoms with Crippen molar-refractivity contribution in [2.24, 2.45) is 0 Å². The van der Waals surface area contributed by atoms with E-state index in [4.69, 9.17) is 0 Å². The van der Waals surface area contributed by atoms with E-state index in [1.807, 2.05) is 26.1 Å². The van der Waals surface area contributed by atoms with Crippen molar-refractivity contribution in [3.8, 4) is 0 Å². The fourth-order valence-corrected chi connectivity index (χ4v) is 1.51. The smallest absolute Gasteiger partial charge is 0.255 e. The zero-order valence-corrected chi connectivity index (χ0v) is 9.03. The number of rotatable bonds is 2. The van der Waals surface area contributed by atoms with Gasteiger partial charge in [-0.2, -0.15) is 0 Å². The highest BCUT2D eigenvalue weighted by atomic mass is 16.2. The third-order valence-electron chi connectivity index (χ3n) is 2.79. The van der Waals surface area contributed by atoms with Crippen LogP contribution >= 0.6 is 0 Å². The lowest BCUT2D eigenvalue weighted by Crippen LogP contribution is -2.57. The van der Waals surface area contributed by atoms with Gasteiger partial charge in [0.1, 0.15) is 0 Å². The molecule has 1 saturated heterocycles. The van der Waals surface area contributed by atoms with Crippen LogP contribution in [-0.2, 0) is 0 Å². The number of carbonyl (C=O) groups is 1. The van der Waals surface area contributed by atoms with Crippen molar-refractivity contribution in [2.75, 3.05) is 20.1 Å². The van der Waals surface area contributed by atoms with E-state index < -0.39 is 0 Å². The first kappa shape index (κ1) is 10.1. The molecule has 0 atom stereocenters. The van der Waals surface area contributed by atoms with Crippen LogP contribution in [0.15, 0.2) is 18.3 Å². The molecule has 0 aromatic carbocycles. The molecule has 80 valence electrons. The maximum Gasteiger partial charge on any atom is 0.255 e. The topological polar surface area (TPSA) is 45.2 Å². The molecule has 1 aromatic heterocycles. The number of aromatic nitrogens is 1. The van der Waals surface area contributed by atoms with Gasteiger partial charge in [0.15, 0.2) is 0 Å². The van der Waals surface area contributed by atoms with Crippen LogP contribution in [0.5, 0.6) is 0 Å². The molecular weight excluding hydrogens is 190 g/mol. The van der Waals surface area contributed by atoms with Crippen molar-refractivity contribution in [3.63, 3.8) is 0 Å². The summed E-state index contributed by atoms with van der Waals surface area (Å²) in [6.45, 7) is 3.69. The maximum absolute atomic E-state index is 11.9. The van der Waals surface area contributed by atoms with Gasteiger partial charge in [-0.1, -0.05) is 0 Å². The second-order valence-electron chi connectivity index (χ2n) is 3.92. The molecule has 0 radical (unpaired) electrons. The SMILES string of the molecule is Cc1ccc(C(=O)N(C)C2CNC2)cn1. The van der Waals surface area contributed by atoms with Gasteiger partial charge < -0.3 is 10.2 Å². The minimum absolute atomic E-state index is 0.0500. The second kappa shape index (κ2) is 3.98. The fraction of sp³-hybridized carbons (Fsp3) is 0.455. The summed E-state index contributed by atoms with van der Waals surface area (Å²) in [5.74, 6) is 0.0500. The molecule has 1 N–H and O–H groups in total. The van der Waals surface area contributed by atoms with E-state index in [1.165, 1.54) is 0 Å². The average molecular weight is 205 g/mol. The van der Waals surface area contributed by atoms with Gasteiger partial charge in [-0.3, -0.25) is 9.78 Å². The van der Waals surface area contributed by atoms with Crippen LogP contribution < -0.4 is 5.32 Å². The van der Waals surface area contributed by atoms with Gasteiger partial charge in [-0.05, 0) is 19.1 Å². The van der Waals surface area contributed by atoms with Crippen molar-refractivity contribution in [1.29, 1.82) is 0 Å². The molecular formula is C11H15N3O. The number of aryl methyl sites for hydroxylation is 1. The Morgan fingerprint density at radius 1 is 1.53 bits per heavy atom. The fourth-order valence-electron chi connectivity index (χ4n) is 1.51. The van der Waals surface area contributed by atoms with Crippen LogP contribution in [0.1, 0.15) is 16.1 Å². The Morgan fingerprint density at radius 2 is 2.27 bits per heavy atom. The third-order valence-corrected chi connectivity index (χ3v) is 2.79. The first-order chi connectivity index (χ1) is 7.18. The van der Waals surface area contributed by atoms with E-state index in [9.17, 15) is 4.79 Å². The summed E-state index contributed by atoms with van der Waals surface area (Å²) in [6.07, 6.45) is 1.64. The summed E-state index contributed by atoms with van der Waals surface area (Å²) >= 11 is 0. The monoisotopic (exact) mass is 205 g/mol. The first-order valence-corrected chi connectivity index (χ1v) is 5.09. The van der Waals surface area contributed by atoms with Crippen molar-refractivity contribution < 1.29 is 4.79 Å². The summed E-state index contributed by atoms with van der Waals surface area (Å²) < 4.78 is 0. The second-order valence-corrected chi connectivity index (χ2v) is 3.92. The Hall–Kier alpha value is -1.42. The number of hydrogen-bond donors (Lipinski definition) is 1. The van der Waals surface area contributed by atoms with E-state index in [0.29, 0.717) is 11.6 Å². The number of amides is 1. The van der Waals surface area contributed by atoms with Crippen LogP contribution in [0.2, 0.25) is 0 Å². The predicted octanol–water partition coefficient (Wildman–Crippen LogP) is 0.434. The molecule has 0 aliphatic carbocycles. The van der Waals surface area contributed by atoms with Crippen LogP contribution in [0, 0.1) is 6.92 Å². The minimum Gasteiger partial charge on any atom is -0.336 e. The van der Waals surface area contributed by atoms with Crippen LogP contribution in [0.25, 0.3) is 0 Å². The van der Waals surface area contributed by atoms with E-state index in [0.717, 1.165) is 18.8 Å². The van der Waals surface area contributed by atoms with E-state index >= 15 is 0 Å². The Bertz CT molecular complexity index is 357. The molecule has 1 aliphatic heterocycles. The molecule has 4 nitrogen and oxygen atoms in total. The molecule has 2 rings (SSSR count). The van der Waals surface area contributed by atoms with Gasteiger partial charge in [-0.25, -0.2) is 0 Å². The number of pyridine rings is 1. The highest BCUT2D eigenvalue weighted by Gasteiger charge is 2.25. The molecule has 0 spiro atoms. The standard InChI is InChI=1S/C11H15N3O/c1-8-3-4-9(5-13-8)11(15)14(2)10-6-12-7-10/h3-5,10,12H,6-7H2,1-2H3. The summed E-state index contributed by atoms with van der Waals surface area (Å²) in [4.78, 5) is 17.9. The van der Waals surface area contributed by atoms with Crippen LogP contribution in [-0.4, -0.2) is 42.0 Å². The van der Waals surface area contributed by atoms with Gasteiger partial charge in [0.05, 0.1) is 11.6 Å². The first-order valence-electron chi connectivity index (χ1n) is 5.09. The summed E-state index contributed by atoms with van der Waals surface area (Å²) in [5, 5.41) is 3.15. The predicted molar refractivity (Wildman–Crippen MR) is 57.7 cm³/mol. The molecule has 4 heteroatoms. The number of hydrogen-bond acceptors (Lipinski definition) is 3. The van der Waals surface area contributed by atoms with E-state index in [1.54, 1.807) is 11.1 Å². The molecule has 2 heterocycles. The largest absolute Gasteiger partial charge is 0.336 e. The third kappa shape index (κ3) is 1.99. The highest BCUT2D eigenvalue weighted by Crippen LogP contribution is 2.08. The molecule has 1 amide bonds. The lowest BCUT2D eigenvalue weighted by atomic mass is 10.1. The lowest BCUT2D eigenvalue weighted by molar-refractivity contribution is 0.0681. The Balaban J connectivity index is 2.09. The lowest BCUT2D eigenvalue weighted by Gasteiger charge is -2.35. The summed E-state index contributed by atoms with van der Waals surface area (Å²) in [5.41, 5.74) is 1.59. The van der Waals surface area contributed by atoms with Gasteiger partial charge >= 0.3 is 0 Å². The van der Waals surface area contributed by atoms with Crippen LogP contribution in [0.3, 0.4) is 0 Å². The molecule has 0 bridgehead atoms. The molecule has 1 fully saturated rings. The van der Waals surface area contributed by atoms with Gasteiger partial charge in [0.2, 0.25) is 0 Å². The minimum atomic E-state index is 0.0500. The Kier molecular flexibility index (Phi) is 2.68. The average Bonchev–Trinajstić information content (AvgIpc) is 2.15. The summed E-state index contributed by atoms with van der Waals surface area (Å²) in [6, 6.07) is 4.02. The molecule has 15 heavy (non-hydrogen) atoms. The molecule has 0 saturated carbocycles. The highest BCUT2D eigenvalue weighted by molar-refractivity contribution is 5.94. The number of nitrogens with one attached hydrogen (secondary N) is 1. The summed E-state index contributed by atoms with van der Waals surface area (Å²) in [7, 11) is 1.84. The van der Waals surface area contributed by atoms with Crippen LogP contribution in [0.4, 0.5) is 0 Å². The van der Waals surface area contributed by atoms with Crippen molar-refractivity contribution in [2.45, 2.75) is 13.0 Å². The van der Waals surface area contributed by atoms with Gasteiger partial charge in [0, 0.05) is 32.0 Å². The zero-order chi connectivity index (χ0) is 10.8. The van der Waals surface area contributed by atoms with Gasteiger partial charge in [0.25, 0.3) is 5.91 Å². The number of nitrogens with zero attached hydrogens (tertiary/aromatic N) is 2. The maximum atomic E-state index is 11.9. The van der Waals surface area contributed by atoms with Crippen molar-refractivity contribution >= 4 is 5.91 Å². The Labute approximate surface area is 89.3 Å². The van der Waals surface area contributed by atoms with E-state index in [-0.39, 0.29) is 5.91 Å². The Morgan fingerprint density at radius 3 is 2.73 bits per heavy atom. The van der Waals surface area contributed by atoms with Crippen molar-refractivity contribution in [3.05, 3.63) is 29.6 Å². The zero-order valence-electron chi connectivity index (χ0n) is 9.03. The molecule has 0 unspecified atom stereocenters. The van der Waals surface area contributed by atoms with Gasteiger partial charge in [-0.15, -0.1) is 0 Å². The molecule has 1 aromatic rings. The molecule has 1 aliphatic rings. The normalized spacial score (nSPS) is 15.9.